The number of fused-ring (bicyclic) bond motifs is 13. The van der Waals surface area contributed by atoms with Crippen LogP contribution in [0, 0.1) is 24.3 Å². The van der Waals surface area contributed by atoms with Gasteiger partial charge in [0, 0.05) is 75.0 Å². The summed E-state index contributed by atoms with van der Waals surface area (Å²) in [6.07, 6.45) is 0. The van der Waals surface area contributed by atoms with Crippen LogP contribution in [0.25, 0.3) is 163 Å². The molecule has 0 saturated carbocycles. The van der Waals surface area contributed by atoms with Crippen LogP contribution in [0.5, 0.6) is 0 Å². The van der Waals surface area contributed by atoms with E-state index in [4.69, 9.17) is 0 Å². The summed E-state index contributed by atoms with van der Waals surface area (Å²) in [6, 6.07) is 107. The van der Waals surface area contributed by atoms with E-state index < -0.39 is 0 Å². The fraction of sp³-hybridized carbons (Fsp3) is 0. The van der Waals surface area contributed by atoms with E-state index in [-0.39, 0.29) is 0 Å². The number of hydrogen-bond acceptors (Lipinski definition) is 1. The van der Waals surface area contributed by atoms with E-state index in [1.807, 2.05) is 29.5 Å². The summed E-state index contributed by atoms with van der Waals surface area (Å²) in [4.78, 5) is 0. The van der Waals surface area contributed by atoms with Crippen molar-refractivity contribution in [2.75, 3.05) is 0 Å². The molecular weight excluding hydrogens is 973 g/mol. The molecule has 2 nitrogen and oxygen atoms in total. The maximum Gasteiger partial charge on any atom is 0.0974 e. The fourth-order valence-electron chi connectivity index (χ4n) is 13.5. The van der Waals surface area contributed by atoms with Gasteiger partial charge in [0.25, 0.3) is 0 Å². The van der Waals surface area contributed by atoms with Gasteiger partial charge < -0.3 is 9.13 Å². The van der Waals surface area contributed by atoms with Crippen molar-refractivity contribution in [2.45, 2.75) is 0 Å². The largest absolute Gasteiger partial charge is 0.309 e. The average molecular weight is 1020 g/mol. The van der Waals surface area contributed by atoms with Crippen molar-refractivity contribution in [2.24, 2.45) is 0 Å². The molecule has 17 aromatic rings. The van der Waals surface area contributed by atoms with Gasteiger partial charge in [0.15, 0.2) is 0 Å². The van der Waals surface area contributed by atoms with Gasteiger partial charge in [-0.05, 0) is 133 Å². The predicted molar refractivity (Wildman–Crippen MR) is 335 cm³/mol. The third-order valence-electron chi connectivity index (χ3n) is 16.6. The molecule has 0 atom stereocenters. The van der Waals surface area contributed by atoms with Gasteiger partial charge in [0.2, 0.25) is 0 Å². The van der Waals surface area contributed by atoms with E-state index >= 15 is 0 Å². The molecule has 17 rings (SSSR count). The Balaban J connectivity index is 0.914. The second-order valence-corrected chi connectivity index (χ2v) is 21.7. The molecule has 14 aromatic carbocycles. The molecule has 0 bridgehead atoms. The lowest BCUT2D eigenvalue weighted by atomic mass is 9.84. The molecule has 0 N–H and O–H groups in total. The van der Waals surface area contributed by atoms with Gasteiger partial charge >= 0.3 is 0 Å². The Morgan fingerprint density at radius 2 is 0.823 bits per heavy atom. The molecule has 0 aliphatic carbocycles. The van der Waals surface area contributed by atoms with E-state index in [1.54, 1.807) is 0 Å². The van der Waals surface area contributed by atoms with Crippen molar-refractivity contribution in [3.8, 4) is 55.9 Å². The lowest BCUT2D eigenvalue weighted by molar-refractivity contribution is 1.18. The van der Waals surface area contributed by atoms with Gasteiger partial charge in [-0.1, -0.05) is 206 Å². The Morgan fingerprint density at radius 3 is 1.47 bits per heavy atom. The highest BCUT2D eigenvalue weighted by molar-refractivity contribution is 7.26. The molecule has 3 aromatic heterocycles. The van der Waals surface area contributed by atoms with Crippen LogP contribution in [0.3, 0.4) is 0 Å². The average Bonchev–Trinajstić information content (AvgIpc) is 4.42. The summed E-state index contributed by atoms with van der Waals surface area (Å²) in [5, 5.41) is 16.8. The first kappa shape index (κ1) is 43.8. The Morgan fingerprint density at radius 1 is 0.304 bits per heavy atom. The number of benzene rings is 12. The van der Waals surface area contributed by atoms with E-state index in [1.165, 1.54) is 124 Å². The monoisotopic (exact) mass is 1010 g/mol. The zero-order chi connectivity index (χ0) is 51.7. The molecule has 362 valence electrons. The first-order valence-corrected chi connectivity index (χ1v) is 27.7. The molecule has 0 saturated heterocycles. The van der Waals surface area contributed by atoms with Gasteiger partial charge in [0.05, 0.1) is 27.8 Å². The van der Waals surface area contributed by atoms with Crippen molar-refractivity contribution >= 4 is 118 Å². The first-order valence-electron chi connectivity index (χ1n) is 26.9. The third-order valence-corrected chi connectivity index (χ3v) is 17.7. The summed E-state index contributed by atoms with van der Waals surface area (Å²) < 4.78 is 7.34. The predicted octanol–water partition coefficient (Wildman–Crippen LogP) is 20.7. The van der Waals surface area contributed by atoms with Gasteiger partial charge in [0.1, 0.15) is 0 Å². The van der Waals surface area contributed by atoms with Gasteiger partial charge in [-0.3, -0.25) is 0 Å². The highest BCUT2D eigenvalue weighted by atomic mass is 32.1. The molecule has 3 heterocycles. The zero-order valence-corrected chi connectivity index (χ0v) is 43.4. The lowest BCUT2D eigenvalue weighted by Crippen LogP contribution is -1.96. The van der Waals surface area contributed by atoms with Crippen LogP contribution in [0.4, 0.5) is 0 Å². The standard InChI is InChI=1S/C76H42N2S/c1-3-22-48(23-4-1)77-66-41-17-15-26-50(66)60-36-19-39-63(75(60)77)72-54-30-9-7-28-52(54)70(53-29-8-10-31-55(53)72)47-44-45-68-65(46-47)74-62(38-21-43-69(74)79-68)71-56-32-11-13-34-58(56)73(59-35-14-12-33-57(59)71)64-40-20-37-61-51-27-16-18-42-67(51)78(76(61)64)49-24-5-2-6-25-49/h1-5,7-11,13-24,26-32,34-46H. The highest BCUT2D eigenvalue weighted by Crippen LogP contribution is 2.52. The molecule has 0 aliphatic rings. The molecule has 3 heteroatoms. The van der Waals surface area contributed by atoms with Gasteiger partial charge in [-0.2, -0.15) is 0 Å². The van der Waals surface area contributed by atoms with Crippen LogP contribution in [-0.4, -0.2) is 9.13 Å². The lowest BCUT2D eigenvalue weighted by Gasteiger charge is -2.19. The number of para-hydroxylation sites is 5. The van der Waals surface area contributed by atoms with Crippen LogP contribution in [-0.2, 0) is 0 Å². The molecule has 0 aliphatic heterocycles. The second-order valence-electron chi connectivity index (χ2n) is 20.6. The molecule has 0 radical (unpaired) electrons. The quantitative estimate of drug-likeness (QED) is 0.147. The Kier molecular flexibility index (Phi) is 9.45. The number of aromatic nitrogens is 2. The van der Waals surface area contributed by atoms with Crippen molar-refractivity contribution in [1.29, 1.82) is 0 Å². The van der Waals surface area contributed by atoms with E-state index in [9.17, 15) is 0 Å². The molecule has 0 fully saturated rings. The first-order chi connectivity index (χ1) is 39.3. The zero-order valence-electron chi connectivity index (χ0n) is 42.6. The fourth-order valence-corrected chi connectivity index (χ4v) is 14.6. The SMILES string of the molecule is c1cccc(-n2c3ccccc3c3cccc(-c4c5ccc#cc5c(-c5cccc6sc7ccc(-c8c9ccccc9c(-c9cccc%10c%11ccccc%11n(-c%11ccccc%11)c9%10)c9ccccc89)cc7c56)c5ccccc45)c32)c#1. The minimum atomic E-state index is 0.958. The highest BCUT2D eigenvalue weighted by Gasteiger charge is 2.26. The van der Waals surface area contributed by atoms with Gasteiger partial charge in [-0.25, -0.2) is 0 Å². The minimum Gasteiger partial charge on any atom is -0.309 e. The smallest absolute Gasteiger partial charge is 0.0974 e. The van der Waals surface area contributed by atoms with Crippen molar-refractivity contribution in [3.05, 3.63) is 279 Å². The maximum atomic E-state index is 3.73. The second kappa shape index (κ2) is 17.0. The summed E-state index contributed by atoms with van der Waals surface area (Å²) in [6.45, 7) is 0. The molecule has 0 spiro atoms. The molecule has 79 heavy (non-hydrogen) atoms. The Labute approximate surface area is 459 Å². The van der Waals surface area contributed by atoms with E-state index in [0.717, 1.165) is 38.7 Å². The number of thiophene rings is 1. The Hall–Kier alpha value is -10.4. The van der Waals surface area contributed by atoms with Crippen LogP contribution in [0.2, 0.25) is 0 Å². The third kappa shape index (κ3) is 6.31. The maximum absolute atomic E-state index is 3.73. The number of rotatable bonds is 6. The number of hydrogen-bond donors (Lipinski definition) is 0. The Bertz CT molecular complexity index is 5250. The summed E-state index contributed by atoms with van der Waals surface area (Å²) >= 11 is 1.87. The van der Waals surface area contributed by atoms with Crippen LogP contribution in [0.15, 0.2) is 255 Å². The van der Waals surface area contributed by atoms with Crippen LogP contribution < -0.4 is 0 Å². The van der Waals surface area contributed by atoms with E-state index in [0.29, 0.717) is 0 Å². The topological polar surface area (TPSA) is 9.86 Å². The van der Waals surface area contributed by atoms with Crippen LogP contribution >= 0.6 is 11.3 Å². The minimum absolute atomic E-state index is 0.958. The molecule has 0 unspecified atom stereocenters. The summed E-state index contributed by atoms with van der Waals surface area (Å²) in [7, 11) is 0. The van der Waals surface area contributed by atoms with Gasteiger partial charge in [-0.15, -0.1) is 11.3 Å². The van der Waals surface area contributed by atoms with E-state index in [2.05, 4.69) is 270 Å². The normalized spacial score (nSPS) is 11.8. The van der Waals surface area contributed by atoms with Crippen molar-refractivity contribution in [3.63, 3.8) is 0 Å². The molecular formula is C76H42N2S. The van der Waals surface area contributed by atoms with Crippen molar-refractivity contribution < 1.29 is 0 Å². The van der Waals surface area contributed by atoms with Crippen molar-refractivity contribution in [1.82, 2.24) is 9.13 Å². The number of nitrogens with zero attached hydrogens (tertiary/aromatic N) is 2. The van der Waals surface area contributed by atoms with Crippen LogP contribution in [0.1, 0.15) is 0 Å². The summed E-state index contributed by atoms with van der Waals surface area (Å²) in [5.41, 5.74) is 16.4. The molecule has 0 amide bonds. The summed E-state index contributed by atoms with van der Waals surface area (Å²) in [5.74, 6) is 0.